The van der Waals surface area contributed by atoms with Gasteiger partial charge in [0.2, 0.25) is 5.78 Å². The molecule has 0 radical (unpaired) electrons. The van der Waals surface area contributed by atoms with E-state index in [4.69, 9.17) is 32.7 Å². The molecule has 0 atom stereocenters. The number of carbonyl (C=O) groups is 1. The van der Waals surface area contributed by atoms with Crippen molar-refractivity contribution in [2.45, 2.75) is 13.5 Å². The molecule has 6 nitrogen and oxygen atoms in total. The van der Waals surface area contributed by atoms with Crippen LogP contribution >= 0.6 is 23.2 Å². The van der Waals surface area contributed by atoms with Crippen molar-refractivity contribution in [1.29, 1.82) is 0 Å². The van der Waals surface area contributed by atoms with E-state index in [0.717, 1.165) is 5.56 Å². The first kappa shape index (κ1) is 20.9. The van der Waals surface area contributed by atoms with E-state index in [1.807, 2.05) is 0 Å². The number of nitrogens with zero attached hydrogens (tertiary/aromatic N) is 1. The molecule has 0 aromatic heterocycles. The van der Waals surface area contributed by atoms with E-state index >= 15 is 0 Å². The van der Waals surface area contributed by atoms with Crippen LogP contribution in [0.15, 0.2) is 60.4 Å². The van der Waals surface area contributed by atoms with Gasteiger partial charge in [0.15, 0.2) is 5.76 Å². The van der Waals surface area contributed by atoms with Gasteiger partial charge in [0.1, 0.15) is 18.1 Å². The maximum Gasteiger partial charge on any atom is 0.269 e. The standard InChI is InChI=1S/C23H15Cl2NO5/c1-13-20(30-12-15-4-5-16(24)11-19(15)25)9-8-18-22(27)21(31-23(13)18)10-14-2-6-17(7-3-14)26(28)29/h2-11H,12H2,1H3/b21-10-. The number of halogens is 2. The molecule has 0 fully saturated rings. The Morgan fingerprint density at radius 2 is 1.84 bits per heavy atom. The second-order valence-corrected chi connectivity index (χ2v) is 7.72. The first-order valence-corrected chi connectivity index (χ1v) is 9.98. The van der Waals surface area contributed by atoms with Gasteiger partial charge in [-0.05, 0) is 55.0 Å². The summed E-state index contributed by atoms with van der Waals surface area (Å²) in [5.41, 5.74) is 2.49. The number of nitro benzene ring substituents is 1. The van der Waals surface area contributed by atoms with Gasteiger partial charge in [0.25, 0.3) is 5.69 Å². The van der Waals surface area contributed by atoms with E-state index < -0.39 is 4.92 Å². The number of benzene rings is 3. The van der Waals surface area contributed by atoms with Crippen molar-refractivity contribution in [3.8, 4) is 11.5 Å². The Labute approximate surface area is 187 Å². The molecule has 4 rings (SSSR count). The normalized spacial score (nSPS) is 13.8. The molecule has 0 N–H and O–H groups in total. The van der Waals surface area contributed by atoms with Gasteiger partial charge in [-0.3, -0.25) is 14.9 Å². The van der Waals surface area contributed by atoms with Crippen LogP contribution in [0.3, 0.4) is 0 Å². The predicted molar refractivity (Wildman–Crippen MR) is 118 cm³/mol. The largest absolute Gasteiger partial charge is 0.488 e. The summed E-state index contributed by atoms with van der Waals surface area (Å²) in [6.45, 7) is 2.04. The van der Waals surface area contributed by atoms with Crippen LogP contribution in [0, 0.1) is 17.0 Å². The summed E-state index contributed by atoms with van der Waals surface area (Å²) in [4.78, 5) is 23.0. The smallest absolute Gasteiger partial charge is 0.269 e. The van der Waals surface area contributed by atoms with Crippen LogP contribution < -0.4 is 9.47 Å². The summed E-state index contributed by atoms with van der Waals surface area (Å²) in [5, 5.41) is 11.8. The minimum absolute atomic E-state index is 0.0254. The minimum atomic E-state index is -0.480. The third kappa shape index (κ3) is 4.26. The van der Waals surface area contributed by atoms with Gasteiger partial charge in [0, 0.05) is 33.3 Å². The lowest BCUT2D eigenvalue weighted by molar-refractivity contribution is -0.384. The van der Waals surface area contributed by atoms with Crippen LogP contribution in [0.5, 0.6) is 11.5 Å². The van der Waals surface area contributed by atoms with Gasteiger partial charge >= 0.3 is 0 Å². The number of ether oxygens (including phenoxy) is 2. The van der Waals surface area contributed by atoms with E-state index in [1.165, 1.54) is 12.1 Å². The number of Topliss-reactive ketones (excluding diaryl/α,β-unsaturated/α-hetero) is 1. The number of non-ortho nitro benzene ring substituents is 1. The molecular weight excluding hydrogens is 441 g/mol. The van der Waals surface area contributed by atoms with Crippen molar-refractivity contribution in [1.82, 2.24) is 0 Å². The quantitative estimate of drug-likeness (QED) is 0.252. The number of hydrogen-bond acceptors (Lipinski definition) is 5. The van der Waals surface area contributed by atoms with Gasteiger partial charge in [0.05, 0.1) is 10.5 Å². The molecule has 0 amide bonds. The minimum Gasteiger partial charge on any atom is -0.488 e. The highest BCUT2D eigenvalue weighted by molar-refractivity contribution is 6.35. The van der Waals surface area contributed by atoms with Gasteiger partial charge in [-0.25, -0.2) is 0 Å². The number of allylic oxidation sites excluding steroid dienone is 1. The monoisotopic (exact) mass is 455 g/mol. The molecule has 1 aliphatic rings. The van der Waals surface area contributed by atoms with Crippen molar-refractivity contribution < 1.29 is 19.2 Å². The zero-order valence-corrected chi connectivity index (χ0v) is 17.7. The molecule has 156 valence electrons. The summed E-state index contributed by atoms with van der Waals surface area (Å²) in [5.74, 6) is 0.876. The van der Waals surface area contributed by atoms with Gasteiger partial charge in [-0.1, -0.05) is 29.3 Å². The zero-order chi connectivity index (χ0) is 22.1. The van der Waals surface area contributed by atoms with Crippen molar-refractivity contribution in [3.05, 3.63) is 103 Å². The highest BCUT2D eigenvalue weighted by Crippen LogP contribution is 2.39. The Kier molecular flexibility index (Phi) is 5.67. The number of fused-ring (bicyclic) bond motifs is 1. The van der Waals surface area contributed by atoms with E-state index in [0.29, 0.717) is 38.2 Å². The molecule has 1 heterocycles. The lowest BCUT2D eigenvalue weighted by Gasteiger charge is -2.12. The Hall–Kier alpha value is -3.35. The summed E-state index contributed by atoms with van der Waals surface area (Å²) in [6, 6.07) is 14.4. The number of ketones is 1. The molecule has 3 aromatic carbocycles. The second kappa shape index (κ2) is 8.41. The lowest BCUT2D eigenvalue weighted by atomic mass is 10.1. The first-order valence-electron chi connectivity index (χ1n) is 9.22. The molecule has 3 aromatic rings. The fourth-order valence-electron chi connectivity index (χ4n) is 3.16. The van der Waals surface area contributed by atoms with E-state index in [9.17, 15) is 14.9 Å². The number of hydrogen-bond donors (Lipinski definition) is 0. The lowest BCUT2D eigenvalue weighted by Crippen LogP contribution is -1.99. The third-order valence-electron chi connectivity index (χ3n) is 4.84. The topological polar surface area (TPSA) is 78.7 Å². The maximum atomic E-state index is 12.7. The summed E-state index contributed by atoms with van der Waals surface area (Å²) < 4.78 is 11.7. The second-order valence-electron chi connectivity index (χ2n) is 6.88. The van der Waals surface area contributed by atoms with Crippen LogP contribution in [0.4, 0.5) is 5.69 Å². The van der Waals surface area contributed by atoms with Gasteiger partial charge in [-0.2, -0.15) is 0 Å². The average molecular weight is 456 g/mol. The molecule has 0 aliphatic carbocycles. The van der Waals surface area contributed by atoms with Crippen LogP contribution in [-0.2, 0) is 6.61 Å². The SMILES string of the molecule is Cc1c(OCc2ccc(Cl)cc2Cl)ccc2c1O/C(=C\c1ccc([N+](=O)[O-])cc1)C2=O. The van der Waals surface area contributed by atoms with E-state index in [1.54, 1.807) is 55.5 Å². The molecule has 0 bridgehead atoms. The van der Waals surface area contributed by atoms with Gasteiger partial charge in [-0.15, -0.1) is 0 Å². The third-order valence-corrected chi connectivity index (χ3v) is 5.42. The van der Waals surface area contributed by atoms with Gasteiger partial charge < -0.3 is 9.47 Å². The van der Waals surface area contributed by atoms with Crippen molar-refractivity contribution in [2.24, 2.45) is 0 Å². The molecule has 1 aliphatic heterocycles. The van der Waals surface area contributed by atoms with E-state index in [2.05, 4.69) is 0 Å². The summed E-state index contributed by atoms with van der Waals surface area (Å²) in [7, 11) is 0. The fourth-order valence-corrected chi connectivity index (χ4v) is 3.63. The highest BCUT2D eigenvalue weighted by atomic mass is 35.5. The van der Waals surface area contributed by atoms with Crippen LogP contribution in [0.25, 0.3) is 6.08 Å². The van der Waals surface area contributed by atoms with Crippen LogP contribution in [0.1, 0.15) is 27.0 Å². The van der Waals surface area contributed by atoms with E-state index in [-0.39, 0.29) is 23.8 Å². The van der Waals surface area contributed by atoms with Crippen molar-refractivity contribution in [2.75, 3.05) is 0 Å². The fraction of sp³-hybridized carbons (Fsp3) is 0.0870. The average Bonchev–Trinajstić information content (AvgIpc) is 3.05. The maximum absolute atomic E-state index is 12.7. The van der Waals surface area contributed by atoms with Crippen molar-refractivity contribution >= 4 is 40.7 Å². The number of nitro groups is 1. The predicted octanol–water partition coefficient (Wildman–Crippen LogP) is 6.41. The van der Waals surface area contributed by atoms with Crippen molar-refractivity contribution in [3.63, 3.8) is 0 Å². The number of rotatable bonds is 5. The Balaban J connectivity index is 1.55. The zero-order valence-electron chi connectivity index (χ0n) is 16.2. The molecule has 0 saturated heterocycles. The first-order chi connectivity index (χ1) is 14.8. The molecule has 31 heavy (non-hydrogen) atoms. The molecule has 0 saturated carbocycles. The Bertz CT molecular complexity index is 1240. The highest BCUT2D eigenvalue weighted by Gasteiger charge is 2.30. The summed E-state index contributed by atoms with van der Waals surface area (Å²) >= 11 is 12.1. The summed E-state index contributed by atoms with van der Waals surface area (Å²) in [6.07, 6.45) is 1.56. The van der Waals surface area contributed by atoms with Crippen LogP contribution in [0.2, 0.25) is 10.0 Å². The Morgan fingerprint density at radius 1 is 1.10 bits per heavy atom. The molecule has 8 heteroatoms. The molecule has 0 spiro atoms. The van der Waals surface area contributed by atoms with Crippen LogP contribution in [-0.4, -0.2) is 10.7 Å². The molecule has 0 unspecified atom stereocenters. The Morgan fingerprint density at radius 3 is 2.52 bits per heavy atom. The molecular formula is C23H15Cl2NO5. The number of carbonyl (C=O) groups excluding carboxylic acids is 1.